The number of hydrogen-bond donors (Lipinski definition) is 2. The van der Waals surface area contributed by atoms with E-state index in [1.165, 1.54) is 18.2 Å². The average molecular weight is 471 g/mol. The Bertz CT molecular complexity index is 1150. The van der Waals surface area contributed by atoms with Gasteiger partial charge < -0.3 is 14.8 Å². The number of esters is 1. The maximum atomic E-state index is 12.1. The Kier molecular flexibility index (Phi) is 6.67. The molecule has 0 bridgehead atoms. The van der Waals surface area contributed by atoms with E-state index in [1.54, 1.807) is 18.2 Å². The van der Waals surface area contributed by atoms with Gasteiger partial charge in [-0.2, -0.15) is 0 Å². The number of anilines is 1. The van der Waals surface area contributed by atoms with Crippen LogP contribution in [0.3, 0.4) is 0 Å². The molecule has 32 heavy (non-hydrogen) atoms. The quantitative estimate of drug-likeness (QED) is 0.597. The Morgan fingerprint density at radius 2 is 1.75 bits per heavy atom. The average Bonchev–Trinajstić information content (AvgIpc) is 2.97. The summed E-state index contributed by atoms with van der Waals surface area (Å²) < 4.78 is 71.2. The molecule has 2 aromatic rings. The standard InChI is InChI=1S/C19H16F3N3O6S/c20-19(21,22)31-13-7-5-12(6-8-13)24-16(26)11-30-17(27)9-10-23-18-14-3-1-2-4-15(14)32(28,29)25-18/h1-8H,9-11H2,(H,23,25)(H,24,26). The van der Waals surface area contributed by atoms with Gasteiger partial charge in [-0.3, -0.25) is 19.3 Å². The topological polar surface area (TPSA) is 123 Å². The van der Waals surface area contributed by atoms with Gasteiger partial charge in [-0.15, -0.1) is 13.2 Å². The molecular weight excluding hydrogens is 455 g/mol. The number of amidine groups is 1. The first-order valence-electron chi connectivity index (χ1n) is 9.01. The monoisotopic (exact) mass is 471 g/mol. The van der Waals surface area contributed by atoms with E-state index in [0.29, 0.717) is 5.56 Å². The second-order valence-corrected chi connectivity index (χ2v) is 8.01. The molecule has 3 rings (SSSR count). The van der Waals surface area contributed by atoms with Crippen molar-refractivity contribution in [1.82, 2.24) is 4.72 Å². The Hall–Kier alpha value is -3.61. The summed E-state index contributed by atoms with van der Waals surface area (Å²) >= 11 is 0. The highest BCUT2D eigenvalue weighted by atomic mass is 32.2. The van der Waals surface area contributed by atoms with Gasteiger partial charge in [0.15, 0.2) is 6.61 Å². The van der Waals surface area contributed by atoms with Gasteiger partial charge in [0.25, 0.3) is 15.9 Å². The fourth-order valence-corrected chi connectivity index (χ4v) is 3.92. The van der Waals surface area contributed by atoms with E-state index < -0.39 is 40.6 Å². The third kappa shape index (κ3) is 6.20. The summed E-state index contributed by atoms with van der Waals surface area (Å²) in [4.78, 5) is 27.8. The van der Waals surface area contributed by atoms with Crippen LogP contribution in [0.25, 0.3) is 0 Å². The lowest BCUT2D eigenvalue weighted by molar-refractivity contribution is -0.274. The van der Waals surface area contributed by atoms with Crippen molar-refractivity contribution in [1.29, 1.82) is 0 Å². The predicted octanol–water partition coefficient (Wildman–Crippen LogP) is 2.20. The van der Waals surface area contributed by atoms with Gasteiger partial charge in [-0.05, 0) is 36.4 Å². The number of rotatable bonds is 7. The summed E-state index contributed by atoms with van der Waals surface area (Å²) in [6, 6.07) is 10.7. The van der Waals surface area contributed by atoms with Gasteiger partial charge in [0.05, 0.1) is 17.9 Å². The van der Waals surface area contributed by atoms with E-state index in [4.69, 9.17) is 4.74 Å². The minimum absolute atomic E-state index is 0.0761. The highest BCUT2D eigenvalue weighted by molar-refractivity contribution is 7.90. The molecule has 0 saturated carbocycles. The number of carbonyl (C=O) groups excluding carboxylic acids is 2. The van der Waals surface area contributed by atoms with Gasteiger partial charge in [0.2, 0.25) is 0 Å². The number of nitrogens with zero attached hydrogens (tertiary/aromatic N) is 1. The highest BCUT2D eigenvalue weighted by Gasteiger charge is 2.31. The highest BCUT2D eigenvalue weighted by Crippen LogP contribution is 2.24. The largest absolute Gasteiger partial charge is 0.573 e. The molecule has 2 N–H and O–H groups in total. The van der Waals surface area contributed by atoms with E-state index in [-0.39, 0.29) is 29.4 Å². The Morgan fingerprint density at radius 3 is 2.44 bits per heavy atom. The third-order valence-corrected chi connectivity index (χ3v) is 5.38. The number of alkyl halides is 3. The number of carbonyl (C=O) groups is 2. The van der Waals surface area contributed by atoms with E-state index in [1.807, 2.05) is 0 Å². The molecule has 0 saturated heterocycles. The molecule has 0 radical (unpaired) electrons. The van der Waals surface area contributed by atoms with Gasteiger partial charge in [0, 0.05) is 11.3 Å². The maximum absolute atomic E-state index is 12.1. The number of nitrogens with one attached hydrogen (secondary N) is 2. The molecule has 13 heteroatoms. The Balaban J connectivity index is 1.43. The van der Waals surface area contributed by atoms with Crippen molar-refractivity contribution < 1.29 is 40.7 Å². The van der Waals surface area contributed by atoms with Crippen LogP contribution in [-0.4, -0.2) is 45.6 Å². The summed E-state index contributed by atoms with van der Waals surface area (Å²) in [7, 11) is -3.68. The molecule has 1 aliphatic heterocycles. The number of sulfonamides is 1. The van der Waals surface area contributed by atoms with Crippen LogP contribution in [0.1, 0.15) is 12.0 Å². The molecule has 2 aromatic carbocycles. The van der Waals surface area contributed by atoms with Crippen molar-refractivity contribution in [3.63, 3.8) is 0 Å². The molecule has 1 heterocycles. The Labute approximate surface area is 180 Å². The lowest BCUT2D eigenvalue weighted by Crippen LogP contribution is -2.23. The van der Waals surface area contributed by atoms with Crippen LogP contribution in [0, 0.1) is 0 Å². The first-order valence-corrected chi connectivity index (χ1v) is 10.5. The molecule has 9 nitrogen and oxygen atoms in total. The van der Waals surface area contributed by atoms with Crippen molar-refractivity contribution in [3.8, 4) is 5.75 Å². The minimum atomic E-state index is -4.82. The molecule has 0 aliphatic carbocycles. The van der Waals surface area contributed by atoms with Crippen LogP contribution in [0.5, 0.6) is 5.75 Å². The van der Waals surface area contributed by atoms with Gasteiger partial charge in [0.1, 0.15) is 11.6 Å². The molecule has 0 spiro atoms. The molecule has 0 unspecified atom stereocenters. The number of ether oxygens (including phenoxy) is 2. The van der Waals surface area contributed by atoms with Crippen molar-refractivity contribution in [2.45, 2.75) is 17.7 Å². The SMILES string of the molecule is O=C(COC(=O)CCN=C1NS(=O)(=O)c2ccccc21)Nc1ccc(OC(F)(F)F)cc1. The van der Waals surface area contributed by atoms with Crippen LogP contribution in [-0.2, 0) is 24.3 Å². The summed E-state index contributed by atoms with van der Waals surface area (Å²) in [5.74, 6) is -1.78. The first-order chi connectivity index (χ1) is 15.0. The molecular formula is C19H16F3N3O6S. The lowest BCUT2D eigenvalue weighted by atomic mass is 10.2. The van der Waals surface area contributed by atoms with E-state index in [9.17, 15) is 31.2 Å². The van der Waals surface area contributed by atoms with Gasteiger partial charge in [-0.1, -0.05) is 12.1 Å². The molecule has 0 aromatic heterocycles. The normalized spacial score (nSPS) is 15.5. The number of fused-ring (bicyclic) bond motifs is 1. The molecule has 1 aliphatic rings. The third-order valence-electron chi connectivity index (χ3n) is 3.98. The second kappa shape index (κ2) is 9.26. The fourth-order valence-electron chi connectivity index (χ4n) is 2.67. The number of amides is 1. The van der Waals surface area contributed by atoms with Crippen LogP contribution in [0.4, 0.5) is 18.9 Å². The van der Waals surface area contributed by atoms with Crippen molar-refractivity contribution >= 4 is 33.4 Å². The molecule has 0 fully saturated rings. The summed E-state index contributed by atoms with van der Waals surface area (Å²) in [5, 5.41) is 2.35. The van der Waals surface area contributed by atoms with Crippen molar-refractivity contribution in [2.75, 3.05) is 18.5 Å². The summed E-state index contributed by atoms with van der Waals surface area (Å²) in [5.41, 5.74) is 0.575. The summed E-state index contributed by atoms with van der Waals surface area (Å²) in [6.45, 7) is -0.695. The fraction of sp³-hybridized carbons (Fsp3) is 0.211. The van der Waals surface area contributed by atoms with Crippen molar-refractivity contribution in [3.05, 3.63) is 54.1 Å². The molecule has 1 amide bonds. The van der Waals surface area contributed by atoms with Crippen LogP contribution in [0.15, 0.2) is 58.4 Å². The number of halogens is 3. The lowest BCUT2D eigenvalue weighted by Gasteiger charge is -2.10. The zero-order valence-electron chi connectivity index (χ0n) is 16.2. The number of benzene rings is 2. The summed E-state index contributed by atoms with van der Waals surface area (Å²) in [6.07, 6.45) is -5.03. The van der Waals surface area contributed by atoms with Gasteiger partial charge in [-0.25, -0.2) is 8.42 Å². The van der Waals surface area contributed by atoms with Crippen LogP contribution in [0.2, 0.25) is 0 Å². The van der Waals surface area contributed by atoms with Gasteiger partial charge >= 0.3 is 12.3 Å². The van der Waals surface area contributed by atoms with Crippen LogP contribution < -0.4 is 14.8 Å². The minimum Gasteiger partial charge on any atom is -0.456 e. The smallest absolute Gasteiger partial charge is 0.456 e. The first kappa shape index (κ1) is 23.1. The van der Waals surface area contributed by atoms with Crippen LogP contribution >= 0.6 is 0 Å². The van der Waals surface area contributed by atoms with E-state index >= 15 is 0 Å². The molecule has 170 valence electrons. The predicted molar refractivity (Wildman–Crippen MR) is 105 cm³/mol. The number of hydrogen-bond acceptors (Lipinski definition) is 7. The Morgan fingerprint density at radius 1 is 1.06 bits per heavy atom. The maximum Gasteiger partial charge on any atom is 0.573 e. The second-order valence-electron chi connectivity index (χ2n) is 6.36. The van der Waals surface area contributed by atoms with Crippen molar-refractivity contribution in [2.24, 2.45) is 4.99 Å². The zero-order chi connectivity index (χ0) is 23.4. The number of aliphatic imine (C=N–C) groups is 1. The molecule has 0 atom stereocenters. The zero-order valence-corrected chi connectivity index (χ0v) is 17.0. The van der Waals surface area contributed by atoms with E-state index in [2.05, 4.69) is 19.8 Å². The van der Waals surface area contributed by atoms with E-state index in [0.717, 1.165) is 12.1 Å².